The Kier molecular flexibility index (Phi) is 27.4. The van der Waals surface area contributed by atoms with Crippen molar-refractivity contribution in [3.05, 3.63) is 0 Å². The Balaban J connectivity index is 3.91. The SMILES string of the molecule is CCCCCCCCCCCCCCOP(=O)(C[N+](C)(C)CC)OCCCCCCCCCCCCCC. The molecule has 0 rings (SSSR count). The average molecular weight is 561 g/mol. The number of hydrogen-bond donors (Lipinski definition) is 0. The topological polar surface area (TPSA) is 35.5 Å². The maximum atomic E-state index is 13.5. The van der Waals surface area contributed by atoms with Gasteiger partial charge in [-0.2, -0.15) is 0 Å². The highest BCUT2D eigenvalue weighted by Crippen LogP contribution is 2.50. The number of rotatable bonds is 31. The molecule has 0 aromatic heterocycles. The molecule has 5 heteroatoms. The van der Waals surface area contributed by atoms with E-state index in [1.54, 1.807) is 0 Å². The minimum Gasteiger partial charge on any atom is -0.319 e. The van der Waals surface area contributed by atoms with Crippen LogP contribution in [0.25, 0.3) is 0 Å². The Morgan fingerprint density at radius 1 is 0.447 bits per heavy atom. The predicted octanol–water partition coefficient (Wildman–Crippen LogP) is 11.7. The van der Waals surface area contributed by atoms with Gasteiger partial charge in [-0.05, 0) is 19.8 Å². The van der Waals surface area contributed by atoms with Crippen molar-refractivity contribution < 1.29 is 18.1 Å². The van der Waals surface area contributed by atoms with E-state index in [4.69, 9.17) is 9.05 Å². The van der Waals surface area contributed by atoms with E-state index in [1.807, 2.05) is 0 Å². The molecule has 38 heavy (non-hydrogen) atoms. The number of quaternary nitrogens is 1. The van der Waals surface area contributed by atoms with Gasteiger partial charge in [0.2, 0.25) is 0 Å². The van der Waals surface area contributed by atoms with Crippen LogP contribution in [0, 0.1) is 0 Å². The lowest BCUT2D eigenvalue weighted by Gasteiger charge is -2.31. The number of nitrogens with zero attached hydrogens (tertiary/aromatic N) is 1. The summed E-state index contributed by atoms with van der Waals surface area (Å²) in [6, 6.07) is 0. The van der Waals surface area contributed by atoms with Crippen LogP contribution in [0.3, 0.4) is 0 Å². The number of unbranched alkanes of at least 4 members (excludes halogenated alkanes) is 22. The van der Waals surface area contributed by atoms with Crippen molar-refractivity contribution in [3.63, 3.8) is 0 Å². The fraction of sp³-hybridized carbons (Fsp3) is 1.00. The van der Waals surface area contributed by atoms with Crippen LogP contribution < -0.4 is 0 Å². The van der Waals surface area contributed by atoms with E-state index in [0.29, 0.717) is 24.0 Å². The van der Waals surface area contributed by atoms with Gasteiger partial charge in [0, 0.05) is 0 Å². The first-order valence-electron chi connectivity index (χ1n) is 17.1. The van der Waals surface area contributed by atoms with Crippen molar-refractivity contribution >= 4 is 7.60 Å². The molecule has 0 saturated heterocycles. The van der Waals surface area contributed by atoms with Gasteiger partial charge in [-0.25, -0.2) is 0 Å². The van der Waals surface area contributed by atoms with Crippen molar-refractivity contribution in [2.45, 2.75) is 175 Å². The Hall–Kier alpha value is 0.110. The predicted molar refractivity (Wildman–Crippen MR) is 169 cm³/mol. The summed E-state index contributed by atoms with van der Waals surface area (Å²) in [5, 5.41) is 0. The van der Waals surface area contributed by atoms with Crippen LogP contribution in [0.15, 0.2) is 0 Å². The zero-order valence-corrected chi connectivity index (χ0v) is 27.8. The molecule has 4 nitrogen and oxygen atoms in total. The molecule has 0 amide bonds. The summed E-state index contributed by atoms with van der Waals surface area (Å²) >= 11 is 0. The molecule has 0 aromatic carbocycles. The molecule has 0 saturated carbocycles. The highest BCUT2D eigenvalue weighted by Gasteiger charge is 2.33. The summed E-state index contributed by atoms with van der Waals surface area (Å²) in [5.74, 6) is 0. The quantitative estimate of drug-likeness (QED) is 0.0480. The smallest absolute Gasteiger partial charge is 0.319 e. The van der Waals surface area contributed by atoms with Crippen molar-refractivity contribution in [1.29, 1.82) is 0 Å². The molecule has 0 bridgehead atoms. The van der Waals surface area contributed by atoms with E-state index in [-0.39, 0.29) is 0 Å². The zero-order valence-electron chi connectivity index (χ0n) is 26.9. The van der Waals surface area contributed by atoms with E-state index < -0.39 is 7.60 Å². The summed E-state index contributed by atoms with van der Waals surface area (Å²) in [7, 11) is 1.19. The first-order chi connectivity index (χ1) is 18.4. The van der Waals surface area contributed by atoms with Gasteiger partial charge in [-0.15, -0.1) is 0 Å². The van der Waals surface area contributed by atoms with Crippen molar-refractivity contribution in [2.24, 2.45) is 0 Å². The standard InChI is InChI=1S/C33H71NO3P/c1-6-9-11-13-15-17-19-21-23-25-27-29-31-36-38(35,33-34(4,5)8-3)37-32-30-28-26-24-22-20-18-16-14-12-10-7-2/h6-33H2,1-5H3/q+1. The van der Waals surface area contributed by atoms with Crippen molar-refractivity contribution in [1.82, 2.24) is 0 Å². The molecule has 0 atom stereocenters. The van der Waals surface area contributed by atoms with Gasteiger partial charge >= 0.3 is 7.60 Å². The summed E-state index contributed by atoms with van der Waals surface area (Å²) in [6.07, 6.45) is 32.2. The molecule has 230 valence electrons. The maximum Gasteiger partial charge on any atom is 0.384 e. The highest BCUT2D eigenvalue weighted by molar-refractivity contribution is 7.53. The van der Waals surface area contributed by atoms with Gasteiger partial charge in [0.25, 0.3) is 0 Å². The zero-order chi connectivity index (χ0) is 28.2. The van der Waals surface area contributed by atoms with Crippen molar-refractivity contribution in [3.8, 4) is 0 Å². The minimum absolute atomic E-state index is 0.472. The second-order valence-electron chi connectivity index (χ2n) is 12.4. The monoisotopic (exact) mass is 561 g/mol. The fourth-order valence-electron chi connectivity index (χ4n) is 4.98. The summed E-state index contributed by atoms with van der Waals surface area (Å²) < 4.78 is 26.2. The van der Waals surface area contributed by atoms with Gasteiger partial charge in [-0.3, -0.25) is 4.57 Å². The van der Waals surface area contributed by atoms with E-state index in [1.165, 1.54) is 141 Å². The molecule has 0 spiro atoms. The lowest BCUT2D eigenvalue weighted by atomic mass is 10.1. The van der Waals surface area contributed by atoms with Gasteiger partial charge < -0.3 is 13.5 Å². The summed E-state index contributed by atoms with van der Waals surface area (Å²) in [6.45, 7) is 8.76. The summed E-state index contributed by atoms with van der Waals surface area (Å²) in [4.78, 5) is 0. The third-order valence-electron chi connectivity index (χ3n) is 7.98. The summed E-state index contributed by atoms with van der Waals surface area (Å²) in [5.41, 5.74) is 0. The third kappa shape index (κ3) is 26.3. The van der Waals surface area contributed by atoms with Gasteiger partial charge in [0.15, 0.2) is 6.29 Å². The molecule has 0 fully saturated rings. The molecule has 0 unspecified atom stereocenters. The lowest BCUT2D eigenvalue weighted by molar-refractivity contribution is -0.877. The highest BCUT2D eigenvalue weighted by atomic mass is 31.2. The van der Waals surface area contributed by atoms with Crippen LogP contribution in [-0.2, 0) is 13.6 Å². The van der Waals surface area contributed by atoms with Crippen LogP contribution in [0.1, 0.15) is 175 Å². The average Bonchev–Trinajstić information content (AvgIpc) is 2.89. The first-order valence-corrected chi connectivity index (χ1v) is 18.8. The van der Waals surface area contributed by atoms with Crippen LogP contribution >= 0.6 is 7.60 Å². The molecular weight excluding hydrogens is 489 g/mol. The lowest BCUT2D eigenvalue weighted by Crippen LogP contribution is -2.40. The largest absolute Gasteiger partial charge is 0.384 e. The van der Waals surface area contributed by atoms with Gasteiger partial charge in [-0.1, -0.05) is 155 Å². The maximum absolute atomic E-state index is 13.5. The van der Waals surface area contributed by atoms with Crippen LogP contribution in [0.2, 0.25) is 0 Å². The van der Waals surface area contributed by atoms with Crippen LogP contribution in [-0.4, -0.2) is 44.6 Å². The Labute approximate surface area is 240 Å². The Morgan fingerprint density at radius 3 is 0.974 bits per heavy atom. The molecular formula is C33H71NO3P+. The fourth-order valence-corrected chi connectivity index (χ4v) is 7.17. The second kappa shape index (κ2) is 27.3. The normalized spacial score (nSPS) is 12.4. The molecule has 0 heterocycles. The van der Waals surface area contributed by atoms with E-state index >= 15 is 0 Å². The molecule has 0 aliphatic carbocycles. The van der Waals surface area contributed by atoms with E-state index in [0.717, 1.165) is 19.4 Å². The molecule has 0 radical (unpaired) electrons. The minimum atomic E-state index is -3.05. The number of hydrogen-bond acceptors (Lipinski definition) is 3. The van der Waals surface area contributed by atoms with Crippen LogP contribution in [0.5, 0.6) is 0 Å². The second-order valence-corrected chi connectivity index (χ2v) is 14.5. The molecule has 0 N–H and O–H groups in total. The molecule has 0 aliphatic rings. The Bertz CT molecular complexity index is 492. The van der Waals surface area contributed by atoms with Gasteiger partial charge in [0.05, 0.1) is 33.9 Å². The van der Waals surface area contributed by atoms with Crippen LogP contribution in [0.4, 0.5) is 0 Å². The third-order valence-corrected chi connectivity index (χ3v) is 10.2. The molecule has 0 aliphatic heterocycles. The first kappa shape index (κ1) is 38.1. The Morgan fingerprint density at radius 2 is 0.711 bits per heavy atom. The van der Waals surface area contributed by atoms with E-state index in [9.17, 15) is 4.57 Å². The molecule has 0 aromatic rings. The van der Waals surface area contributed by atoms with Gasteiger partial charge in [0.1, 0.15) is 0 Å². The van der Waals surface area contributed by atoms with E-state index in [2.05, 4.69) is 34.9 Å². The van der Waals surface area contributed by atoms with Crippen molar-refractivity contribution in [2.75, 3.05) is 40.1 Å².